The maximum Gasteiger partial charge on any atom is 0.317 e. The van der Waals surface area contributed by atoms with E-state index in [1.54, 1.807) is 37.2 Å². The van der Waals surface area contributed by atoms with Crippen molar-refractivity contribution in [3.8, 4) is 0 Å². The first-order valence-corrected chi connectivity index (χ1v) is 13.6. The molecule has 3 aliphatic heterocycles. The predicted molar refractivity (Wildman–Crippen MR) is 142 cm³/mol. The third-order valence-corrected chi connectivity index (χ3v) is 8.64. The van der Waals surface area contributed by atoms with Crippen LogP contribution in [0.2, 0.25) is 0 Å². The van der Waals surface area contributed by atoms with Gasteiger partial charge in [-0.05, 0) is 57.2 Å². The summed E-state index contributed by atoms with van der Waals surface area (Å²) >= 11 is 0. The van der Waals surface area contributed by atoms with Crippen molar-refractivity contribution in [1.82, 2.24) is 24.8 Å². The number of benzene rings is 1. The first-order chi connectivity index (χ1) is 19.1. The van der Waals surface area contributed by atoms with E-state index in [2.05, 4.69) is 20.6 Å². The lowest BCUT2D eigenvalue weighted by atomic mass is 9.74. The van der Waals surface area contributed by atoms with Gasteiger partial charge in [-0.1, -0.05) is 18.2 Å². The third-order valence-electron chi connectivity index (χ3n) is 8.64. The van der Waals surface area contributed by atoms with E-state index < -0.39 is 28.7 Å². The quantitative estimate of drug-likeness (QED) is 0.455. The zero-order chi connectivity index (χ0) is 28.2. The molecule has 0 radical (unpaired) electrons. The summed E-state index contributed by atoms with van der Waals surface area (Å²) in [6.45, 7) is 4.35. The molecular formula is C29H32F2N6O3. The summed E-state index contributed by atoms with van der Waals surface area (Å²) in [5.74, 6) is -1.09. The molecule has 0 unspecified atom stereocenters. The predicted octanol–water partition coefficient (Wildman–Crippen LogP) is 4.10. The van der Waals surface area contributed by atoms with E-state index >= 15 is 0 Å². The Balaban J connectivity index is 1.22. The molecule has 40 heavy (non-hydrogen) atoms. The van der Waals surface area contributed by atoms with Crippen LogP contribution in [0.15, 0.2) is 42.7 Å². The number of amides is 3. The molecule has 1 spiro atoms. The van der Waals surface area contributed by atoms with E-state index in [0.717, 1.165) is 11.6 Å². The van der Waals surface area contributed by atoms with Crippen molar-refractivity contribution in [2.45, 2.75) is 69.1 Å². The highest BCUT2D eigenvalue weighted by Gasteiger charge is 2.49. The number of fused-ring (bicyclic) bond motifs is 3. The first kappa shape index (κ1) is 26.4. The van der Waals surface area contributed by atoms with Gasteiger partial charge in [0, 0.05) is 37.3 Å². The van der Waals surface area contributed by atoms with Gasteiger partial charge >= 0.3 is 6.03 Å². The van der Waals surface area contributed by atoms with Gasteiger partial charge in [-0.3, -0.25) is 4.79 Å². The molecule has 0 saturated carbocycles. The van der Waals surface area contributed by atoms with Crippen molar-refractivity contribution in [3.05, 3.63) is 77.0 Å². The summed E-state index contributed by atoms with van der Waals surface area (Å²) < 4.78 is 30.7. The fraction of sp³-hybridized carbons (Fsp3) is 0.448. The Morgan fingerprint density at radius 1 is 1.15 bits per heavy atom. The molecular weight excluding hydrogens is 518 g/mol. The second kappa shape index (κ2) is 9.65. The van der Waals surface area contributed by atoms with Gasteiger partial charge in [0.25, 0.3) is 0 Å². The summed E-state index contributed by atoms with van der Waals surface area (Å²) in [6.07, 6.45) is 5.12. The number of nitrogens with zero attached hydrogens (tertiary/aromatic N) is 4. The highest BCUT2D eigenvalue weighted by molar-refractivity contribution is 6.05. The number of piperidine rings is 1. The number of imidazole rings is 1. The zero-order valence-electron chi connectivity index (χ0n) is 22.5. The Kier molecular flexibility index (Phi) is 6.36. The normalized spacial score (nSPS) is 21.9. The number of carbonyl (C=O) groups excluding carboxylic acids is 2. The van der Waals surface area contributed by atoms with Crippen molar-refractivity contribution in [1.29, 1.82) is 0 Å². The van der Waals surface area contributed by atoms with Gasteiger partial charge in [-0.15, -0.1) is 0 Å². The van der Waals surface area contributed by atoms with E-state index in [9.17, 15) is 23.5 Å². The molecule has 6 rings (SSSR count). The number of halogens is 2. The monoisotopic (exact) mass is 550 g/mol. The second-order valence-corrected chi connectivity index (χ2v) is 11.5. The minimum absolute atomic E-state index is 0.0816. The molecule has 1 fully saturated rings. The van der Waals surface area contributed by atoms with Crippen LogP contribution in [0.5, 0.6) is 0 Å². The van der Waals surface area contributed by atoms with Gasteiger partial charge < -0.3 is 25.2 Å². The second-order valence-electron chi connectivity index (χ2n) is 11.5. The number of anilines is 1. The molecule has 3 N–H and O–H groups in total. The van der Waals surface area contributed by atoms with Crippen LogP contribution < -0.4 is 10.6 Å². The Labute approximate surface area is 230 Å². The number of pyridine rings is 1. The molecule has 2 atom stereocenters. The number of rotatable bonds is 3. The Hall–Kier alpha value is -3.86. The molecule has 3 aliphatic rings. The number of hydrogen-bond acceptors (Lipinski definition) is 5. The lowest BCUT2D eigenvalue weighted by Crippen LogP contribution is -2.51. The van der Waals surface area contributed by atoms with Gasteiger partial charge in [0.1, 0.15) is 17.2 Å². The maximum atomic E-state index is 14.8. The van der Waals surface area contributed by atoms with Crippen molar-refractivity contribution in [2.75, 3.05) is 18.4 Å². The van der Waals surface area contributed by atoms with Crippen molar-refractivity contribution < 1.29 is 23.5 Å². The molecule has 11 heteroatoms. The van der Waals surface area contributed by atoms with E-state index in [-0.39, 0.29) is 30.0 Å². The van der Waals surface area contributed by atoms with Gasteiger partial charge in [0.15, 0.2) is 11.6 Å². The average molecular weight is 551 g/mol. The number of urea groups is 1. The number of aliphatic hydroxyl groups is 1. The average Bonchev–Trinajstić information content (AvgIpc) is 3.41. The Morgan fingerprint density at radius 3 is 2.67 bits per heavy atom. The van der Waals surface area contributed by atoms with Crippen LogP contribution >= 0.6 is 0 Å². The number of likely N-dealkylation sites (tertiary alicyclic amines) is 1. The van der Waals surface area contributed by atoms with Crippen LogP contribution in [0.3, 0.4) is 0 Å². The zero-order valence-corrected chi connectivity index (χ0v) is 22.5. The van der Waals surface area contributed by atoms with Crippen LogP contribution in [0.25, 0.3) is 0 Å². The molecule has 3 aromatic rings. The first-order valence-electron chi connectivity index (χ1n) is 13.6. The molecule has 9 nitrogen and oxygen atoms in total. The Bertz CT molecular complexity index is 1470. The number of aromatic nitrogens is 3. The van der Waals surface area contributed by atoms with E-state index in [1.165, 1.54) is 6.07 Å². The highest BCUT2D eigenvalue weighted by Crippen LogP contribution is 2.44. The molecule has 1 saturated heterocycles. The fourth-order valence-electron chi connectivity index (χ4n) is 6.45. The third kappa shape index (κ3) is 4.32. The number of hydrogen-bond donors (Lipinski definition) is 3. The van der Waals surface area contributed by atoms with E-state index in [1.807, 2.05) is 16.7 Å². The summed E-state index contributed by atoms with van der Waals surface area (Å²) in [6, 6.07) is 7.12. The Morgan fingerprint density at radius 2 is 1.93 bits per heavy atom. The smallest absolute Gasteiger partial charge is 0.317 e. The van der Waals surface area contributed by atoms with Crippen molar-refractivity contribution in [3.63, 3.8) is 0 Å². The standard InChI is InChI=1S/C29H32F2N6O3/c1-28(2,40)22-15-33-25-21(9-8-17(16-37(22)25)18-5-3-7-20(30)23(18)31)34-27(39)36-13-10-29(11-14-36)19-6-4-12-32-24(19)35-26(29)38/h3-7,12,15,17,21,40H,8-11,13-14,16H2,1-2H3,(H,34,39)(H,32,35,38)/t17-,21-/m1/s1. The molecule has 0 aliphatic carbocycles. The largest absolute Gasteiger partial charge is 0.384 e. The lowest BCUT2D eigenvalue weighted by Gasteiger charge is -2.38. The van der Waals surface area contributed by atoms with Crippen molar-refractivity contribution >= 4 is 17.8 Å². The van der Waals surface area contributed by atoms with Crippen LogP contribution in [-0.4, -0.2) is 49.6 Å². The van der Waals surface area contributed by atoms with Crippen LogP contribution in [0, 0.1) is 11.6 Å². The number of nitrogens with one attached hydrogen (secondary N) is 2. The fourth-order valence-corrected chi connectivity index (χ4v) is 6.45. The summed E-state index contributed by atoms with van der Waals surface area (Å²) in [5.41, 5.74) is -0.253. The molecule has 0 bridgehead atoms. The molecule has 2 aromatic heterocycles. The lowest BCUT2D eigenvalue weighted by molar-refractivity contribution is -0.122. The molecule has 210 valence electrons. The molecule has 1 aromatic carbocycles. The minimum Gasteiger partial charge on any atom is -0.384 e. The summed E-state index contributed by atoms with van der Waals surface area (Å²) in [7, 11) is 0. The summed E-state index contributed by atoms with van der Waals surface area (Å²) in [5, 5.41) is 16.8. The molecule has 5 heterocycles. The summed E-state index contributed by atoms with van der Waals surface area (Å²) in [4.78, 5) is 36.9. The van der Waals surface area contributed by atoms with Gasteiger partial charge in [-0.25, -0.2) is 23.5 Å². The van der Waals surface area contributed by atoms with Gasteiger partial charge in [-0.2, -0.15) is 0 Å². The minimum atomic E-state index is -1.23. The number of carbonyl (C=O) groups is 2. The van der Waals surface area contributed by atoms with E-state index in [4.69, 9.17) is 0 Å². The highest BCUT2D eigenvalue weighted by atomic mass is 19.2. The topological polar surface area (TPSA) is 112 Å². The van der Waals surface area contributed by atoms with Crippen molar-refractivity contribution in [2.24, 2.45) is 0 Å². The van der Waals surface area contributed by atoms with Gasteiger partial charge in [0.2, 0.25) is 5.91 Å². The maximum absolute atomic E-state index is 14.8. The van der Waals surface area contributed by atoms with E-state index in [0.29, 0.717) is 56.1 Å². The van der Waals surface area contributed by atoms with Crippen LogP contribution in [0.1, 0.15) is 74.1 Å². The van der Waals surface area contributed by atoms with Gasteiger partial charge in [0.05, 0.1) is 23.3 Å². The SMILES string of the molecule is CC(C)(O)c1cnc2n1C[C@H](c1cccc(F)c1F)CC[C@H]2NC(=O)N1CCC2(CC1)C(=O)Nc1ncccc12. The van der Waals surface area contributed by atoms with Crippen LogP contribution in [-0.2, 0) is 22.4 Å². The molecule has 3 amide bonds. The van der Waals surface area contributed by atoms with Crippen LogP contribution in [0.4, 0.5) is 19.4 Å².